The lowest BCUT2D eigenvalue weighted by molar-refractivity contribution is -0.127. The van der Waals surface area contributed by atoms with Gasteiger partial charge in [-0.25, -0.2) is 4.79 Å². The molecule has 2 amide bonds. The van der Waals surface area contributed by atoms with Gasteiger partial charge in [-0.2, -0.15) is 5.48 Å². The predicted octanol–water partition coefficient (Wildman–Crippen LogP) is 0.270. The second kappa shape index (κ2) is 3.94. The third-order valence-electron chi connectivity index (χ3n) is 1.65. The zero-order valence-corrected chi connectivity index (χ0v) is 7.00. The topological polar surface area (TPSA) is 58.6 Å². The molecule has 68 valence electrons. The lowest BCUT2D eigenvalue weighted by Crippen LogP contribution is -2.34. The van der Waals surface area contributed by atoms with Crippen LogP contribution in [0.3, 0.4) is 0 Å². The van der Waals surface area contributed by atoms with Crippen LogP contribution in [0.15, 0.2) is 0 Å². The Balaban J connectivity index is 2.23. The standard InChI is InChI=1S/C7H12N2O3/c1-6(10)8-12-7(11)9-4-2-3-5-9/h2-5H2,1H3,(H,8,10). The Morgan fingerprint density at radius 1 is 1.33 bits per heavy atom. The molecule has 0 aromatic heterocycles. The first-order valence-electron chi connectivity index (χ1n) is 3.92. The summed E-state index contributed by atoms with van der Waals surface area (Å²) in [5, 5.41) is 0. The molecule has 1 N–H and O–H groups in total. The number of carbonyl (C=O) groups excluding carboxylic acids is 2. The second-order valence-corrected chi connectivity index (χ2v) is 2.72. The summed E-state index contributed by atoms with van der Waals surface area (Å²) in [6.45, 7) is 2.73. The van der Waals surface area contributed by atoms with Gasteiger partial charge in [0.1, 0.15) is 0 Å². The number of hydrogen-bond donors (Lipinski definition) is 1. The van der Waals surface area contributed by atoms with Crippen molar-refractivity contribution in [2.24, 2.45) is 0 Å². The van der Waals surface area contributed by atoms with Gasteiger partial charge in [0.2, 0.25) is 5.91 Å². The van der Waals surface area contributed by atoms with Crippen LogP contribution in [0.4, 0.5) is 4.79 Å². The summed E-state index contributed by atoms with van der Waals surface area (Å²) >= 11 is 0. The van der Waals surface area contributed by atoms with Crippen molar-refractivity contribution in [1.82, 2.24) is 10.4 Å². The maximum Gasteiger partial charge on any atom is 0.434 e. The van der Waals surface area contributed by atoms with Crippen LogP contribution in [0.5, 0.6) is 0 Å². The van der Waals surface area contributed by atoms with Crippen molar-refractivity contribution < 1.29 is 14.4 Å². The van der Waals surface area contributed by atoms with E-state index in [2.05, 4.69) is 4.84 Å². The van der Waals surface area contributed by atoms with E-state index in [1.807, 2.05) is 5.48 Å². The minimum Gasteiger partial charge on any atom is -0.321 e. The molecule has 12 heavy (non-hydrogen) atoms. The van der Waals surface area contributed by atoms with Crippen LogP contribution >= 0.6 is 0 Å². The molecule has 5 heteroatoms. The van der Waals surface area contributed by atoms with Crippen LogP contribution in [-0.2, 0) is 9.63 Å². The fourth-order valence-corrected chi connectivity index (χ4v) is 1.08. The third-order valence-corrected chi connectivity index (χ3v) is 1.65. The Hall–Kier alpha value is -1.26. The highest BCUT2D eigenvalue weighted by Crippen LogP contribution is 2.07. The molecular weight excluding hydrogens is 160 g/mol. The van der Waals surface area contributed by atoms with Gasteiger partial charge in [0, 0.05) is 20.0 Å². The first kappa shape index (κ1) is 8.83. The lowest BCUT2D eigenvalue weighted by atomic mass is 10.4. The van der Waals surface area contributed by atoms with E-state index in [4.69, 9.17) is 0 Å². The molecule has 1 fully saturated rings. The second-order valence-electron chi connectivity index (χ2n) is 2.72. The van der Waals surface area contributed by atoms with E-state index in [-0.39, 0.29) is 5.91 Å². The number of nitrogens with zero attached hydrogens (tertiary/aromatic N) is 1. The van der Waals surface area contributed by atoms with Crippen molar-refractivity contribution >= 4 is 12.0 Å². The van der Waals surface area contributed by atoms with Crippen molar-refractivity contribution in [3.8, 4) is 0 Å². The van der Waals surface area contributed by atoms with E-state index < -0.39 is 6.09 Å². The molecule has 1 rings (SSSR count). The largest absolute Gasteiger partial charge is 0.434 e. The Labute approximate surface area is 70.6 Å². The maximum atomic E-state index is 11.0. The number of nitrogens with one attached hydrogen (secondary N) is 1. The fourth-order valence-electron chi connectivity index (χ4n) is 1.08. The van der Waals surface area contributed by atoms with Crippen molar-refractivity contribution in [2.45, 2.75) is 19.8 Å². The average Bonchev–Trinajstić information content (AvgIpc) is 2.51. The van der Waals surface area contributed by atoms with Gasteiger partial charge in [0.15, 0.2) is 0 Å². The quantitative estimate of drug-likeness (QED) is 0.533. The van der Waals surface area contributed by atoms with E-state index in [9.17, 15) is 9.59 Å². The van der Waals surface area contributed by atoms with Gasteiger partial charge in [-0.05, 0) is 12.8 Å². The zero-order chi connectivity index (χ0) is 8.97. The molecule has 0 unspecified atom stereocenters. The molecule has 1 aliphatic heterocycles. The van der Waals surface area contributed by atoms with Crippen LogP contribution in [0.1, 0.15) is 19.8 Å². The van der Waals surface area contributed by atoms with Crippen molar-refractivity contribution in [2.75, 3.05) is 13.1 Å². The first-order valence-corrected chi connectivity index (χ1v) is 3.92. The van der Waals surface area contributed by atoms with E-state index >= 15 is 0 Å². The number of rotatable bonds is 0. The van der Waals surface area contributed by atoms with Gasteiger partial charge < -0.3 is 9.74 Å². The SMILES string of the molecule is CC(=O)NOC(=O)N1CCCC1. The highest BCUT2D eigenvalue weighted by molar-refractivity contribution is 5.75. The fraction of sp³-hybridized carbons (Fsp3) is 0.714. The Bertz CT molecular complexity index is 187. The maximum absolute atomic E-state index is 11.0. The molecule has 1 aliphatic rings. The Morgan fingerprint density at radius 2 is 1.92 bits per heavy atom. The van der Waals surface area contributed by atoms with Gasteiger partial charge in [-0.15, -0.1) is 0 Å². The number of amides is 2. The predicted molar refractivity (Wildman–Crippen MR) is 41.1 cm³/mol. The highest BCUT2D eigenvalue weighted by atomic mass is 16.7. The number of likely N-dealkylation sites (tertiary alicyclic amines) is 1. The van der Waals surface area contributed by atoms with Crippen molar-refractivity contribution in [3.63, 3.8) is 0 Å². The third kappa shape index (κ3) is 2.41. The summed E-state index contributed by atoms with van der Waals surface area (Å²) in [5.41, 5.74) is 1.99. The summed E-state index contributed by atoms with van der Waals surface area (Å²) in [6, 6.07) is 0. The molecule has 0 radical (unpaired) electrons. The summed E-state index contributed by atoms with van der Waals surface area (Å²) < 4.78 is 0. The summed E-state index contributed by atoms with van der Waals surface area (Å²) in [6.07, 6.45) is 1.55. The van der Waals surface area contributed by atoms with Gasteiger partial charge in [0.25, 0.3) is 0 Å². The minimum absolute atomic E-state index is 0.373. The molecule has 0 bridgehead atoms. The van der Waals surface area contributed by atoms with E-state index in [0.717, 1.165) is 25.9 Å². The molecule has 1 heterocycles. The van der Waals surface area contributed by atoms with Crippen molar-refractivity contribution in [1.29, 1.82) is 0 Å². The average molecular weight is 172 g/mol. The molecular formula is C7H12N2O3. The molecule has 0 aromatic rings. The molecule has 0 aromatic carbocycles. The summed E-state index contributed by atoms with van der Waals surface area (Å²) in [5.74, 6) is -0.373. The van der Waals surface area contributed by atoms with Gasteiger partial charge in [-0.1, -0.05) is 0 Å². The van der Waals surface area contributed by atoms with Crippen LogP contribution in [0.25, 0.3) is 0 Å². The molecule has 0 saturated carbocycles. The normalized spacial score (nSPS) is 15.9. The zero-order valence-electron chi connectivity index (χ0n) is 7.00. The number of carbonyl (C=O) groups is 2. The lowest BCUT2D eigenvalue weighted by Gasteiger charge is -2.13. The van der Waals surface area contributed by atoms with E-state index in [1.54, 1.807) is 4.90 Å². The molecule has 1 saturated heterocycles. The monoisotopic (exact) mass is 172 g/mol. The summed E-state index contributed by atoms with van der Waals surface area (Å²) in [7, 11) is 0. The first-order chi connectivity index (χ1) is 5.70. The molecule has 5 nitrogen and oxygen atoms in total. The van der Waals surface area contributed by atoms with Crippen LogP contribution in [-0.4, -0.2) is 30.0 Å². The van der Waals surface area contributed by atoms with Gasteiger partial charge in [0.05, 0.1) is 0 Å². The molecule has 0 spiro atoms. The molecule has 0 atom stereocenters. The van der Waals surface area contributed by atoms with E-state index in [1.165, 1.54) is 6.92 Å². The molecule has 0 aliphatic carbocycles. The Morgan fingerprint density at radius 3 is 2.42 bits per heavy atom. The van der Waals surface area contributed by atoms with Crippen LogP contribution in [0, 0.1) is 0 Å². The van der Waals surface area contributed by atoms with Crippen molar-refractivity contribution in [3.05, 3.63) is 0 Å². The van der Waals surface area contributed by atoms with E-state index in [0.29, 0.717) is 0 Å². The summed E-state index contributed by atoms with van der Waals surface area (Å²) in [4.78, 5) is 27.4. The minimum atomic E-state index is -0.470. The van der Waals surface area contributed by atoms with Gasteiger partial charge in [-0.3, -0.25) is 4.79 Å². The smallest absolute Gasteiger partial charge is 0.321 e. The van der Waals surface area contributed by atoms with Crippen LogP contribution in [0.2, 0.25) is 0 Å². The number of hydrogen-bond acceptors (Lipinski definition) is 3. The highest BCUT2D eigenvalue weighted by Gasteiger charge is 2.19. The Kier molecular flexibility index (Phi) is 2.90. The number of hydroxylamine groups is 1. The van der Waals surface area contributed by atoms with Gasteiger partial charge >= 0.3 is 6.09 Å². The van der Waals surface area contributed by atoms with Crippen LogP contribution < -0.4 is 5.48 Å².